The number of carbonyl (C=O) groups is 1. The molecule has 122 valence electrons. The van der Waals surface area contributed by atoms with Crippen LogP contribution in [-0.2, 0) is 11.3 Å². The van der Waals surface area contributed by atoms with Crippen molar-refractivity contribution in [1.82, 2.24) is 14.5 Å². The molecule has 0 N–H and O–H groups in total. The van der Waals surface area contributed by atoms with Crippen LogP contribution in [0, 0.1) is 0 Å². The van der Waals surface area contributed by atoms with Gasteiger partial charge in [-0.2, -0.15) is 0 Å². The standard InChI is InChI=1S/C19H19N3OS/c1-3-11-21(12-4-2)18(23)14-22-16-9-6-5-8-15(16)20-19(22)17-10-7-13-24-17/h3-10,13H,1-2,11-12,14H2. The average Bonchev–Trinajstić information content (AvgIpc) is 3.23. The minimum atomic E-state index is 0.0239. The van der Waals surface area contributed by atoms with Crippen LogP contribution in [0.1, 0.15) is 0 Å². The molecule has 4 nitrogen and oxygen atoms in total. The number of aromatic nitrogens is 2. The quantitative estimate of drug-likeness (QED) is 0.612. The molecule has 0 radical (unpaired) electrons. The van der Waals surface area contributed by atoms with Crippen molar-refractivity contribution in [3.8, 4) is 10.7 Å². The van der Waals surface area contributed by atoms with E-state index < -0.39 is 0 Å². The molecule has 2 heterocycles. The number of para-hydroxylation sites is 2. The zero-order valence-corrected chi connectivity index (χ0v) is 14.2. The van der Waals surface area contributed by atoms with Crippen LogP contribution < -0.4 is 0 Å². The van der Waals surface area contributed by atoms with Crippen LogP contribution in [-0.4, -0.2) is 33.4 Å². The average molecular weight is 337 g/mol. The lowest BCUT2D eigenvalue weighted by molar-refractivity contribution is -0.130. The summed E-state index contributed by atoms with van der Waals surface area (Å²) in [5, 5.41) is 2.02. The summed E-state index contributed by atoms with van der Waals surface area (Å²) in [5.74, 6) is 0.854. The Balaban J connectivity index is 2.01. The lowest BCUT2D eigenvalue weighted by atomic mass is 10.3. The van der Waals surface area contributed by atoms with E-state index in [1.807, 2.05) is 46.3 Å². The van der Waals surface area contributed by atoms with Crippen molar-refractivity contribution in [2.45, 2.75) is 6.54 Å². The summed E-state index contributed by atoms with van der Waals surface area (Å²) in [6.45, 7) is 8.71. The van der Waals surface area contributed by atoms with Gasteiger partial charge in [0.05, 0.1) is 15.9 Å². The van der Waals surface area contributed by atoms with E-state index in [0.29, 0.717) is 13.1 Å². The number of benzene rings is 1. The normalized spacial score (nSPS) is 10.7. The number of hydrogen-bond acceptors (Lipinski definition) is 3. The minimum Gasteiger partial charge on any atom is -0.334 e. The number of nitrogens with zero attached hydrogens (tertiary/aromatic N) is 3. The van der Waals surface area contributed by atoms with Crippen LogP contribution in [0.2, 0.25) is 0 Å². The van der Waals surface area contributed by atoms with Crippen molar-refractivity contribution in [3.63, 3.8) is 0 Å². The molecule has 0 unspecified atom stereocenters. The van der Waals surface area contributed by atoms with Crippen molar-refractivity contribution >= 4 is 28.3 Å². The fourth-order valence-electron chi connectivity index (χ4n) is 2.65. The first-order chi connectivity index (χ1) is 11.7. The number of imidazole rings is 1. The maximum absolute atomic E-state index is 12.7. The van der Waals surface area contributed by atoms with Gasteiger partial charge in [-0.05, 0) is 23.6 Å². The maximum atomic E-state index is 12.7. The number of amides is 1. The molecule has 3 aromatic rings. The highest BCUT2D eigenvalue weighted by Gasteiger charge is 2.18. The van der Waals surface area contributed by atoms with Gasteiger partial charge in [-0.1, -0.05) is 30.4 Å². The summed E-state index contributed by atoms with van der Waals surface area (Å²) in [7, 11) is 0. The second kappa shape index (κ2) is 7.27. The first kappa shape index (κ1) is 16.2. The molecule has 2 aromatic heterocycles. The number of thiophene rings is 1. The van der Waals surface area contributed by atoms with Crippen LogP contribution in [0.3, 0.4) is 0 Å². The van der Waals surface area contributed by atoms with Crippen LogP contribution >= 0.6 is 11.3 Å². The van der Waals surface area contributed by atoms with E-state index in [4.69, 9.17) is 4.98 Å². The molecule has 0 saturated carbocycles. The highest BCUT2D eigenvalue weighted by molar-refractivity contribution is 7.13. The minimum absolute atomic E-state index is 0.0239. The Morgan fingerprint density at radius 3 is 2.58 bits per heavy atom. The molecular weight excluding hydrogens is 318 g/mol. The molecule has 5 heteroatoms. The van der Waals surface area contributed by atoms with Gasteiger partial charge < -0.3 is 9.47 Å². The van der Waals surface area contributed by atoms with E-state index in [0.717, 1.165) is 21.7 Å². The van der Waals surface area contributed by atoms with E-state index in [9.17, 15) is 4.79 Å². The first-order valence-electron chi connectivity index (χ1n) is 7.73. The predicted molar refractivity (Wildman–Crippen MR) is 100 cm³/mol. The molecule has 0 saturated heterocycles. The van der Waals surface area contributed by atoms with Crippen LogP contribution in [0.15, 0.2) is 67.1 Å². The van der Waals surface area contributed by atoms with Crippen LogP contribution in [0.25, 0.3) is 21.7 Å². The molecule has 0 bridgehead atoms. The first-order valence-corrected chi connectivity index (χ1v) is 8.61. The second-order valence-electron chi connectivity index (χ2n) is 5.36. The van der Waals surface area contributed by atoms with Gasteiger partial charge in [0, 0.05) is 13.1 Å². The summed E-state index contributed by atoms with van der Waals surface area (Å²) in [6.07, 6.45) is 3.46. The number of hydrogen-bond donors (Lipinski definition) is 0. The smallest absolute Gasteiger partial charge is 0.243 e. The Kier molecular flexibility index (Phi) is 4.91. The largest absolute Gasteiger partial charge is 0.334 e. The highest BCUT2D eigenvalue weighted by Crippen LogP contribution is 2.28. The maximum Gasteiger partial charge on any atom is 0.243 e. The lowest BCUT2D eigenvalue weighted by Crippen LogP contribution is -2.34. The Bertz CT molecular complexity index is 854. The Labute approximate surface area is 145 Å². The zero-order valence-electron chi connectivity index (χ0n) is 13.4. The summed E-state index contributed by atoms with van der Waals surface area (Å²) >= 11 is 1.62. The van der Waals surface area contributed by atoms with Gasteiger partial charge >= 0.3 is 0 Å². The molecule has 1 aromatic carbocycles. The van der Waals surface area contributed by atoms with E-state index in [1.54, 1.807) is 28.4 Å². The lowest BCUT2D eigenvalue weighted by Gasteiger charge is -2.20. The molecule has 0 aliphatic heterocycles. The number of rotatable bonds is 7. The van der Waals surface area contributed by atoms with E-state index >= 15 is 0 Å². The van der Waals surface area contributed by atoms with Crippen molar-refractivity contribution in [2.75, 3.05) is 13.1 Å². The van der Waals surface area contributed by atoms with Crippen LogP contribution in [0.4, 0.5) is 0 Å². The van der Waals surface area contributed by atoms with Crippen LogP contribution in [0.5, 0.6) is 0 Å². The summed E-state index contributed by atoms with van der Waals surface area (Å²) in [5.41, 5.74) is 1.86. The molecule has 0 atom stereocenters. The third kappa shape index (κ3) is 3.16. The van der Waals surface area contributed by atoms with Gasteiger partial charge in [-0.3, -0.25) is 4.79 Å². The van der Waals surface area contributed by atoms with Crippen molar-refractivity contribution in [2.24, 2.45) is 0 Å². The molecule has 24 heavy (non-hydrogen) atoms. The molecule has 0 fully saturated rings. The summed E-state index contributed by atoms with van der Waals surface area (Å²) in [4.78, 5) is 20.2. The summed E-state index contributed by atoms with van der Waals surface area (Å²) in [6, 6.07) is 11.9. The number of fused-ring (bicyclic) bond motifs is 1. The predicted octanol–water partition coefficient (Wildman–Crippen LogP) is 3.97. The topological polar surface area (TPSA) is 38.1 Å². The molecule has 1 amide bonds. The van der Waals surface area contributed by atoms with E-state index in [1.165, 1.54) is 0 Å². The summed E-state index contributed by atoms with van der Waals surface area (Å²) < 4.78 is 1.99. The molecule has 3 rings (SSSR count). The molecular formula is C19H19N3OS. The van der Waals surface area contributed by atoms with Gasteiger partial charge in [-0.15, -0.1) is 24.5 Å². The van der Waals surface area contributed by atoms with E-state index in [2.05, 4.69) is 13.2 Å². The SMILES string of the molecule is C=CCN(CC=C)C(=O)Cn1c(-c2cccs2)nc2ccccc21. The highest BCUT2D eigenvalue weighted by atomic mass is 32.1. The van der Waals surface area contributed by atoms with E-state index in [-0.39, 0.29) is 12.5 Å². The zero-order chi connectivity index (χ0) is 16.9. The van der Waals surface area contributed by atoms with Gasteiger partial charge in [0.15, 0.2) is 5.82 Å². The van der Waals surface area contributed by atoms with Crippen molar-refractivity contribution < 1.29 is 4.79 Å². The van der Waals surface area contributed by atoms with Gasteiger partial charge in [0.1, 0.15) is 6.54 Å². The van der Waals surface area contributed by atoms with Gasteiger partial charge in [0.2, 0.25) is 5.91 Å². The molecule has 0 aliphatic carbocycles. The third-order valence-corrected chi connectivity index (χ3v) is 4.61. The third-order valence-electron chi connectivity index (χ3n) is 3.74. The molecule has 0 aliphatic rings. The number of carbonyl (C=O) groups excluding carboxylic acids is 1. The second-order valence-corrected chi connectivity index (χ2v) is 6.31. The Morgan fingerprint density at radius 2 is 1.92 bits per heavy atom. The van der Waals surface area contributed by atoms with Crippen molar-refractivity contribution in [3.05, 3.63) is 67.1 Å². The monoisotopic (exact) mass is 337 g/mol. The fraction of sp³-hybridized carbons (Fsp3) is 0.158. The fourth-order valence-corrected chi connectivity index (χ4v) is 3.38. The van der Waals surface area contributed by atoms with Gasteiger partial charge in [-0.25, -0.2) is 4.98 Å². The Morgan fingerprint density at radius 1 is 1.17 bits per heavy atom. The van der Waals surface area contributed by atoms with Crippen molar-refractivity contribution in [1.29, 1.82) is 0 Å². The Hall–Kier alpha value is -2.66. The van der Waals surface area contributed by atoms with Gasteiger partial charge in [0.25, 0.3) is 0 Å². The molecule has 0 spiro atoms.